The van der Waals surface area contributed by atoms with Gasteiger partial charge in [0.25, 0.3) is 0 Å². The van der Waals surface area contributed by atoms with Gasteiger partial charge in [0.2, 0.25) is 65.0 Å². The zero-order chi connectivity index (χ0) is 63.1. The lowest BCUT2D eigenvalue weighted by Crippen LogP contribution is -2.62. The van der Waals surface area contributed by atoms with Crippen LogP contribution >= 0.6 is 0 Å². The Labute approximate surface area is 490 Å². The highest BCUT2D eigenvalue weighted by molar-refractivity contribution is 6.00. The molecule has 29 heteroatoms. The van der Waals surface area contributed by atoms with Gasteiger partial charge < -0.3 is 84.9 Å². The van der Waals surface area contributed by atoms with Gasteiger partial charge >= 0.3 is 5.97 Å². The quantitative estimate of drug-likeness (QED) is 0.0270. The molecule has 85 heavy (non-hydrogen) atoms. The van der Waals surface area contributed by atoms with E-state index in [1.165, 1.54) is 24.3 Å². The summed E-state index contributed by atoms with van der Waals surface area (Å²) < 4.78 is 0. The van der Waals surface area contributed by atoms with E-state index >= 15 is 0 Å². The second kappa shape index (κ2) is 33.5. The Morgan fingerprint density at radius 1 is 0.635 bits per heavy atom. The summed E-state index contributed by atoms with van der Waals surface area (Å²) in [5.41, 5.74) is 18.4. The van der Waals surface area contributed by atoms with Crippen LogP contribution in [-0.2, 0) is 76.8 Å². The number of nitrogens with two attached hydrogens (primary N) is 3. The number of imidazole rings is 1. The Kier molecular flexibility index (Phi) is 27.0. The normalized spacial score (nSPS) is 16.9. The van der Waals surface area contributed by atoms with Crippen molar-refractivity contribution < 1.29 is 72.9 Å². The fourth-order valence-corrected chi connectivity index (χ4v) is 9.11. The lowest BCUT2D eigenvalue weighted by atomic mass is 9.96. The maximum absolute atomic E-state index is 14.8. The lowest BCUT2D eigenvalue weighted by Gasteiger charge is -2.32. The van der Waals surface area contributed by atoms with Crippen LogP contribution in [0, 0.1) is 11.8 Å². The van der Waals surface area contributed by atoms with Crippen molar-refractivity contribution in [2.24, 2.45) is 29.0 Å². The molecule has 0 unspecified atom stereocenters. The third-order valence-electron chi connectivity index (χ3n) is 14.3. The average molecular weight is 1190 g/mol. The largest absolute Gasteiger partial charge is 0.480 e. The molecule has 1 fully saturated rings. The number of aliphatic hydroxyl groups excluding tert-OH is 2. The van der Waals surface area contributed by atoms with Crippen molar-refractivity contribution >= 4 is 70.9 Å². The average Bonchev–Trinajstić information content (AvgIpc) is 4.44. The molecule has 0 bridgehead atoms. The highest BCUT2D eigenvalue weighted by Crippen LogP contribution is 2.21. The van der Waals surface area contributed by atoms with Gasteiger partial charge in [-0.15, -0.1) is 0 Å². The summed E-state index contributed by atoms with van der Waals surface area (Å²) in [6.45, 7) is 6.89. The van der Waals surface area contributed by atoms with Gasteiger partial charge in [-0.2, -0.15) is 0 Å². The van der Waals surface area contributed by atoms with E-state index < -0.39 is 169 Å². The molecule has 0 aliphatic carbocycles. The second-order valence-corrected chi connectivity index (χ2v) is 21.3. The molecule has 1 saturated heterocycles. The summed E-state index contributed by atoms with van der Waals surface area (Å²) in [5, 5.41) is 50.3. The zero-order valence-corrected chi connectivity index (χ0v) is 48.1. The third kappa shape index (κ3) is 21.4. The summed E-state index contributed by atoms with van der Waals surface area (Å²) in [7, 11) is 0. The van der Waals surface area contributed by atoms with Crippen LogP contribution in [0.15, 0.2) is 73.2 Å². The van der Waals surface area contributed by atoms with Crippen molar-refractivity contribution in [3.05, 3.63) is 90.0 Å². The monoisotopic (exact) mass is 1190 g/mol. The van der Waals surface area contributed by atoms with Crippen molar-refractivity contribution in [2.45, 2.75) is 159 Å². The number of carboxylic acids is 1. The molecule has 4 rings (SSSR count). The molecule has 0 spiro atoms. The topological polar surface area (TPSA) is 472 Å². The number of carbonyl (C=O) groups excluding carboxylic acids is 11. The number of benzene rings is 2. The summed E-state index contributed by atoms with van der Waals surface area (Å²) >= 11 is 0. The number of nitrogens with one attached hydrogen (secondary N) is 9. The van der Waals surface area contributed by atoms with Crippen LogP contribution in [0.4, 0.5) is 0 Å². The molecule has 18 N–H and O–H groups in total. The Hall–Kier alpha value is -8.83. The van der Waals surface area contributed by atoms with Gasteiger partial charge in [0.1, 0.15) is 54.4 Å². The number of aromatic nitrogens is 2. The first kappa shape index (κ1) is 68.7. The van der Waals surface area contributed by atoms with Crippen molar-refractivity contribution in [3.8, 4) is 0 Å². The molecule has 0 radical (unpaired) electrons. The van der Waals surface area contributed by atoms with E-state index in [-0.39, 0.29) is 51.0 Å². The number of aliphatic hydroxyl groups is 2. The predicted octanol–water partition coefficient (Wildman–Crippen LogP) is -4.07. The first-order valence-corrected chi connectivity index (χ1v) is 27.9. The van der Waals surface area contributed by atoms with E-state index in [4.69, 9.17) is 17.2 Å². The number of aliphatic carboxylic acids is 1. The summed E-state index contributed by atoms with van der Waals surface area (Å²) in [6, 6.07) is 1.78. The Balaban J connectivity index is 1.58. The molecule has 11 amide bonds. The van der Waals surface area contributed by atoms with Crippen LogP contribution in [0.25, 0.3) is 0 Å². The number of nitrogens with zero attached hydrogens (tertiary/aromatic N) is 2. The van der Waals surface area contributed by atoms with Crippen LogP contribution < -0.4 is 59.7 Å². The number of hydrogen-bond donors (Lipinski definition) is 15. The molecule has 12 atom stereocenters. The van der Waals surface area contributed by atoms with Gasteiger partial charge in [-0.05, 0) is 49.1 Å². The van der Waals surface area contributed by atoms with Gasteiger partial charge in [0, 0.05) is 44.1 Å². The van der Waals surface area contributed by atoms with Crippen LogP contribution in [0.3, 0.4) is 0 Å². The SMILES string of the molecule is CC[C@H](C)[C@H](NC(=O)[C@H](CCC(N)=O)NC(=O)[C@@H]1CCCN1C(=O)[C@H](Cc1ccccc1)NC(=O)[C@H](CC(N)=O)NC(=O)[C@H](Cc1ccccc1)NC(=O)[C@H](CO)NC(=O)[C@@H](N)C(C)C)C(=O)N[C@H](C(=O)N[C@@H](Cc1cnc[nH]1)C(=O)O)[C@@H](C)O. The second-order valence-electron chi connectivity index (χ2n) is 21.3. The van der Waals surface area contributed by atoms with Crippen molar-refractivity contribution in [1.82, 2.24) is 57.4 Å². The van der Waals surface area contributed by atoms with Gasteiger partial charge in [-0.3, -0.25) is 52.7 Å². The first-order chi connectivity index (χ1) is 40.2. The highest BCUT2D eigenvalue weighted by Gasteiger charge is 2.42. The number of aromatic amines is 1. The number of H-pyrrole nitrogens is 1. The predicted molar refractivity (Wildman–Crippen MR) is 304 cm³/mol. The number of likely N-dealkylation sites (tertiary alicyclic amines) is 1. The molecule has 1 aliphatic heterocycles. The molecule has 1 aliphatic rings. The number of carboxylic acid groups (broad SMARTS) is 1. The fraction of sp³-hybridized carbons (Fsp3) is 0.518. The Morgan fingerprint density at radius 3 is 1.68 bits per heavy atom. The van der Waals surface area contributed by atoms with Crippen LogP contribution in [0.1, 0.15) is 90.0 Å². The van der Waals surface area contributed by atoms with Gasteiger partial charge in [-0.1, -0.05) is 94.8 Å². The molecule has 1 aromatic heterocycles. The summed E-state index contributed by atoms with van der Waals surface area (Å²) in [6.07, 6.45) is -0.611. The maximum Gasteiger partial charge on any atom is 0.326 e. The van der Waals surface area contributed by atoms with E-state index in [1.807, 2.05) is 0 Å². The lowest BCUT2D eigenvalue weighted by molar-refractivity contribution is -0.143. The number of carbonyl (C=O) groups is 12. The third-order valence-corrected chi connectivity index (χ3v) is 14.3. The van der Waals surface area contributed by atoms with Crippen molar-refractivity contribution in [2.75, 3.05) is 13.2 Å². The smallest absolute Gasteiger partial charge is 0.326 e. The van der Waals surface area contributed by atoms with E-state index in [1.54, 1.807) is 88.4 Å². The zero-order valence-electron chi connectivity index (χ0n) is 48.1. The van der Waals surface area contributed by atoms with Gasteiger partial charge in [0.05, 0.1) is 31.5 Å². The number of amides is 11. The molecule has 0 saturated carbocycles. The number of rotatable bonds is 34. The summed E-state index contributed by atoms with van der Waals surface area (Å²) in [4.78, 5) is 170. The van der Waals surface area contributed by atoms with Gasteiger partial charge in [-0.25, -0.2) is 9.78 Å². The van der Waals surface area contributed by atoms with Crippen molar-refractivity contribution in [1.29, 1.82) is 0 Å². The molecule has 3 aromatic rings. The fourth-order valence-electron chi connectivity index (χ4n) is 9.11. The molecular weight excluding hydrogens is 1110 g/mol. The van der Waals surface area contributed by atoms with Crippen LogP contribution in [0.5, 0.6) is 0 Å². The van der Waals surface area contributed by atoms with E-state index in [0.29, 0.717) is 16.8 Å². The standard InChI is InChI=1S/C56H80N14O15/c1-6-30(4)45(53(81)69-46(31(5)72)54(82)66-39(56(84)85)24-34-26-60-28-61-34)68-47(75)35(19-20-42(57)73)62-51(79)41-18-13-21-70(41)55(83)38(23-33-16-11-8-12-17-33)65-49(77)37(25-43(58)74)64-48(76)36(22-32-14-9-7-10-15-32)63-50(78)40(27-71)67-52(80)44(59)29(2)3/h7-12,14-17,26,28-31,35-41,44-46,71-72H,6,13,18-25,27,59H2,1-5H3,(H2,57,73)(H2,58,74)(H,60,61)(H,62,79)(H,63,78)(H,64,76)(H,65,77)(H,66,82)(H,67,80)(H,68,75)(H,69,81)(H,84,85)/t30-,31+,35-,36-,37-,38-,39-,40-,41-,44-,45-,46-/m0/s1. The number of hydrogen-bond acceptors (Lipinski definition) is 16. The Bertz CT molecular complexity index is 2790. The molecule has 464 valence electrons. The highest BCUT2D eigenvalue weighted by atomic mass is 16.4. The van der Waals surface area contributed by atoms with Gasteiger partial charge in [0.15, 0.2) is 0 Å². The molecule has 2 aromatic carbocycles. The van der Waals surface area contributed by atoms with E-state index in [9.17, 15) is 72.9 Å². The Morgan fingerprint density at radius 2 is 1.15 bits per heavy atom. The minimum absolute atomic E-state index is 0.0398. The van der Waals surface area contributed by atoms with Crippen molar-refractivity contribution in [3.63, 3.8) is 0 Å². The minimum atomic E-state index is -1.77. The maximum atomic E-state index is 14.8. The molecule has 2 heterocycles. The van der Waals surface area contributed by atoms with Crippen LogP contribution in [0.2, 0.25) is 0 Å². The minimum Gasteiger partial charge on any atom is -0.480 e. The van der Waals surface area contributed by atoms with Crippen LogP contribution in [-0.4, -0.2) is 181 Å². The first-order valence-electron chi connectivity index (χ1n) is 27.9. The summed E-state index contributed by atoms with van der Waals surface area (Å²) in [5.74, 6) is -12.9. The molecule has 29 nitrogen and oxygen atoms in total. The molecular formula is C56H80N14O15. The number of primary amides is 2. The van der Waals surface area contributed by atoms with E-state index in [0.717, 1.165) is 0 Å². The van der Waals surface area contributed by atoms with E-state index in [2.05, 4.69) is 52.5 Å².